The van der Waals surface area contributed by atoms with Gasteiger partial charge in [-0.05, 0) is 37.8 Å². The monoisotopic (exact) mass is 560 g/mol. The molecule has 1 aromatic heterocycles. The third-order valence-electron chi connectivity index (χ3n) is 5.28. The van der Waals surface area contributed by atoms with Gasteiger partial charge in [-0.2, -0.15) is 0 Å². The van der Waals surface area contributed by atoms with Gasteiger partial charge in [-0.3, -0.25) is 0 Å². The second kappa shape index (κ2) is 10.6. The average Bonchev–Trinajstić information content (AvgIpc) is 3.39. The molecule has 0 atom stereocenters. The van der Waals surface area contributed by atoms with Crippen LogP contribution in [-0.4, -0.2) is 33.8 Å². The summed E-state index contributed by atoms with van der Waals surface area (Å²) in [6.45, 7) is 6.46. The first-order valence-corrected chi connectivity index (χ1v) is 10.5. The van der Waals surface area contributed by atoms with Gasteiger partial charge in [0.2, 0.25) is 0 Å². The molecule has 1 heterocycles. The molecule has 0 radical (unpaired) electrons. The molecule has 0 bridgehead atoms. The third kappa shape index (κ3) is 5.68. The smallest absolute Gasteiger partial charge is 0.191 e. The van der Waals surface area contributed by atoms with E-state index in [0.717, 1.165) is 43.5 Å². The number of aromatic nitrogens is 3. The predicted molar refractivity (Wildman–Crippen MR) is 128 cm³/mol. The molecular formula is C20H30BrIN6. The number of aryl methyl sites for hydroxylation is 1. The number of nitrogens with zero attached hydrogens (tertiary/aromatic N) is 4. The molecule has 2 aromatic rings. The summed E-state index contributed by atoms with van der Waals surface area (Å²) in [7, 11) is 1.98. The van der Waals surface area contributed by atoms with Crippen LogP contribution >= 0.6 is 39.9 Å². The van der Waals surface area contributed by atoms with Crippen LogP contribution in [0.25, 0.3) is 0 Å². The normalized spacial score (nSPS) is 15.1. The molecule has 1 aliphatic rings. The maximum absolute atomic E-state index is 4.75. The summed E-state index contributed by atoms with van der Waals surface area (Å²) in [5.74, 6) is 2.62. The van der Waals surface area contributed by atoms with E-state index in [9.17, 15) is 0 Å². The molecular weight excluding hydrogens is 531 g/mol. The minimum absolute atomic E-state index is 0. The number of guanidine groups is 1. The van der Waals surface area contributed by atoms with E-state index in [1.54, 1.807) is 0 Å². The van der Waals surface area contributed by atoms with E-state index in [1.165, 1.54) is 22.9 Å². The van der Waals surface area contributed by atoms with Crippen LogP contribution in [0, 0.1) is 6.92 Å². The number of hydrogen-bond acceptors (Lipinski definition) is 3. The van der Waals surface area contributed by atoms with E-state index in [0.29, 0.717) is 6.54 Å². The molecule has 1 fully saturated rings. The van der Waals surface area contributed by atoms with Gasteiger partial charge in [0.1, 0.15) is 12.4 Å². The molecule has 0 saturated heterocycles. The van der Waals surface area contributed by atoms with Crippen LogP contribution in [0.15, 0.2) is 33.7 Å². The predicted octanol–water partition coefficient (Wildman–Crippen LogP) is 4.07. The highest BCUT2D eigenvalue weighted by atomic mass is 127. The molecule has 1 aliphatic carbocycles. The van der Waals surface area contributed by atoms with Crippen molar-refractivity contribution in [2.75, 3.05) is 13.1 Å². The van der Waals surface area contributed by atoms with Crippen molar-refractivity contribution in [3.8, 4) is 0 Å². The lowest BCUT2D eigenvalue weighted by Crippen LogP contribution is -2.41. The number of aliphatic imine (C=N–C) groups is 1. The van der Waals surface area contributed by atoms with Gasteiger partial charge >= 0.3 is 0 Å². The Kier molecular flexibility index (Phi) is 8.73. The van der Waals surface area contributed by atoms with Crippen LogP contribution in [0.4, 0.5) is 0 Å². The van der Waals surface area contributed by atoms with Crippen molar-refractivity contribution in [3.63, 3.8) is 0 Å². The van der Waals surface area contributed by atoms with Gasteiger partial charge in [0.15, 0.2) is 11.8 Å². The third-order valence-corrected chi connectivity index (χ3v) is 5.97. The van der Waals surface area contributed by atoms with Gasteiger partial charge in [0.25, 0.3) is 0 Å². The SMILES string of the molecule is CCCCNC(=NCc1nnc(C)n1C)NCC1(c2ccccc2Br)CC1.I. The first kappa shape index (κ1) is 23.1. The lowest BCUT2D eigenvalue weighted by atomic mass is 9.96. The van der Waals surface area contributed by atoms with Gasteiger partial charge in [-0.25, -0.2) is 4.99 Å². The second-order valence-electron chi connectivity index (χ2n) is 7.28. The lowest BCUT2D eigenvalue weighted by molar-refractivity contribution is 0.635. The van der Waals surface area contributed by atoms with Crippen molar-refractivity contribution in [3.05, 3.63) is 46.0 Å². The molecule has 8 heteroatoms. The number of hydrogen-bond donors (Lipinski definition) is 2. The zero-order valence-electron chi connectivity index (χ0n) is 16.8. The topological polar surface area (TPSA) is 67.1 Å². The molecule has 0 unspecified atom stereocenters. The number of halogens is 2. The average molecular weight is 561 g/mol. The molecule has 0 amide bonds. The fraction of sp³-hybridized carbons (Fsp3) is 0.550. The van der Waals surface area contributed by atoms with Crippen molar-refractivity contribution >= 4 is 45.9 Å². The largest absolute Gasteiger partial charge is 0.356 e. The van der Waals surface area contributed by atoms with Gasteiger partial charge in [-0.15, -0.1) is 34.2 Å². The Morgan fingerprint density at radius 3 is 2.61 bits per heavy atom. The van der Waals surface area contributed by atoms with E-state index < -0.39 is 0 Å². The molecule has 0 aliphatic heterocycles. The molecule has 2 N–H and O–H groups in total. The minimum atomic E-state index is 0. The fourth-order valence-electron chi connectivity index (χ4n) is 3.13. The number of unbranched alkanes of at least 4 members (excludes halogenated alkanes) is 1. The molecule has 0 spiro atoms. The van der Waals surface area contributed by atoms with Crippen molar-refractivity contribution < 1.29 is 0 Å². The highest BCUT2D eigenvalue weighted by Crippen LogP contribution is 2.49. The van der Waals surface area contributed by atoms with Crippen LogP contribution in [0.1, 0.15) is 49.8 Å². The first-order chi connectivity index (χ1) is 13.1. The van der Waals surface area contributed by atoms with Crippen LogP contribution in [0.2, 0.25) is 0 Å². The Labute approximate surface area is 193 Å². The Bertz CT molecular complexity index is 800. The minimum Gasteiger partial charge on any atom is -0.356 e. The maximum atomic E-state index is 4.75. The molecule has 1 aromatic carbocycles. The summed E-state index contributed by atoms with van der Waals surface area (Å²) in [5.41, 5.74) is 1.59. The van der Waals surface area contributed by atoms with E-state index in [2.05, 4.69) is 68.0 Å². The van der Waals surface area contributed by atoms with E-state index in [-0.39, 0.29) is 29.4 Å². The fourth-order valence-corrected chi connectivity index (χ4v) is 3.84. The molecule has 154 valence electrons. The van der Waals surface area contributed by atoms with Crippen molar-refractivity contribution in [2.24, 2.45) is 12.0 Å². The number of benzene rings is 1. The van der Waals surface area contributed by atoms with Crippen molar-refractivity contribution in [1.29, 1.82) is 0 Å². The van der Waals surface area contributed by atoms with Gasteiger partial charge in [0, 0.05) is 30.0 Å². The highest BCUT2D eigenvalue weighted by molar-refractivity contribution is 14.0. The van der Waals surface area contributed by atoms with Gasteiger partial charge in [-0.1, -0.05) is 47.5 Å². The standard InChI is InChI=1S/C20H29BrN6.HI/c1-4-5-12-22-19(23-13-18-26-25-15(2)27(18)3)24-14-20(10-11-20)16-8-6-7-9-17(16)21;/h6-9H,4-5,10-14H2,1-3H3,(H2,22,23,24);1H. The molecule has 6 nitrogen and oxygen atoms in total. The summed E-state index contributed by atoms with van der Waals surface area (Å²) in [4.78, 5) is 4.75. The molecule has 1 saturated carbocycles. The summed E-state index contributed by atoms with van der Waals surface area (Å²) < 4.78 is 3.17. The van der Waals surface area contributed by atoms with Crippen LogP contribution in [0.5, 0.6) is 0 Å². The number of nitrogens with one attached hydrogen (secondary N) is 2. The summed E-state index contributed by atoms with van der Waals surface area (Å²) >= 11 is 3.71. The summed E-state index contributed by atoms with van der Waals surface area (Å²) in [6.07, 6.45) is 4.68. The van der Waals surface area contributed by atoms with Crippen LogP contribution < -0.4 is 10.6 Å². The molecule has 28 heavy (non-hydrogen) atoms. The van der Waals surface area contributed by atoms with Gasteiger partial charge < -0.3 is 15.2 Å². The van der Waals surface area contributed by atoms with Gasteiger partial charge in [0.05, 0.1) is 0 Å². The quantitative estimate of drug-likeness (QED) is 0.221. The number of rotatable bonds is 8. The highest BCUT2D eigenvalue weighted by Gasteiger charge is 2.45. The lowest BCUT2D eigenvalue weighted by Gasteiger charge is -2.20. The van der Waals surface area contributed by atoms with Crippen LogP contribution in [-0.2, 0) is 19.0 Å². The second-order valence-corrected chi connectivity index (χ2v) is 8.14. The Morgan fingerprint density at radius 2 is 2.00 bits per heavy atom. The first-order valence-electron chi connectivity index (χ1n) is 9.68. The Morgan fingerprint density at radius 1 is 1.25 bits per heavy atom. The maximum Gasteiger partial charge on any atom is 0.191 e. The molecule has 3 rings (SSSR count). The summed E-state index contributed by atoms with van der Waals surface area (Å²) in [6, 6.07) is 8.53. The van der Waals surface area contributed by atoms with Crippen molar-refractivity contribution in [2.45, 2.75) is 51.5 Å². The Hall–Kier alpha value is -1.16. The van der Waals surface area contributed by atoms with Crippen molar-refractivity contribution in [1.82, 2.24) is 25.4 Å². The van der Waals surface area contributed by atoms with E-state index in [4.69, 9.17) is 4.99 Å². The zero-order chi connectivity index (χ0) is 19.3. The van der Waals surface area contributed by atoms with Crippen LogP contribution in [0.3, 0.4) is 0 Å². The summed E-state index contributed by atoms with van der Waals surface area (Å²) in [5, 5.41) is 15.3. The van der Waals surface area contributed by atoms with E-state index in [1.807, 2.05) is 18.5 Å². The Balaban J connectivity index is 0.00000280. The van der Waals surface area contributed by atoms with E-state index >= 15 is 0 Å². The zero-order valence-corrected chi connectivity index (χ0v) is 20.8.